The molecule has 2 aliphatic carbocycles. The molecule has 2 aromatic carbocycles. The molecule has 11 heteroatoms. The van der Waals surface area contributed by atoms with E-state index in [-0.39, 0.29) is 22.7 Å². The number of hydrogen-bond donors (Lipinski definition) is 2. The zero-order chi connectivity index (χ0) is 27.1. The molecule has 1 spiro atoms. The summed E-state index contributed by atoms with van der Waals surface area (Å²) in [5.74, 6) is -2.54. The molecule has 4 aromatic rings. The number of halogens is 2. The lowest BCUT2D eigenvalue weighted by Gasteiger charge is -2.23. The van der Waals surface area contributed by atoms with Crippen molar-refractivity contribution in [3.8, 4) is 5.69 Å². The van der Waals surface area contributed by atoms with Crippen molar-refractivity contribution in [1.82, 2.24) is 19.6 Å². The summed E-state index contributed by atoms with van der Waals surface area (Å²) in [7, 11) is 0. The van der Waals surface area contributed by atoms with Crippen LogP contribution in [-0.4, -0.2) is 44.6 Å². The van der Waals surface area contributed by atoms with Crippen molar-refractivity contribution in [3.63, 3.8) is 0 Å². The number of fused-ring (bicyclic) bond motifs is 1. The molecule has 1 saturated heterocycles. The van der Waals surface area contributed by atoms with Crippen LogP contribution in [0.2, 0.25) is 0 Å². The molecule has 7 rings (SSSR count). The van der Waals surface area contributed by atoms with Crippen LogP contribution in [0, 0.1) is 17.0 Å². The quantitative estimate of drug-likeness (QED) is 0.408. The summed E-state index contributed by atoms with van der Waals surface area (Å²) in [4.78, 5) is 28.1. The van der Waals surface area contributed by atoms with Crippen molar-refractivity contribution >= 4 is 28.2 Å². The Hall–Kier alpha value is -4.12. The Bertz CT molecular complexity index is 1700. The smallest absolute Gasteiger partial charge is 0.276 e. The number of amides is 1. The maximum Gasteiger partial charge on any atom is 0.276 e. The maximum absolute atomic E-state index is 14.4. The van der Waals surface area contributed by atoms with Gasteiger partial charge in [-0.25, -0.2) is 8.78 Å². The first-order valence-electron chi connectivity index (χ1n) is 13.1. The van der Waals surface area contributed by atoms with Crippen LogP contribution in [0.3, 0.4) is 0 Å². The van der Waals surface area contributed by atoms with Gasteiger partial charge in [-0.3, -0.25) is 14.3 Å². The van der Waals surface area contributed by atoms with Gasteiger partial charge in [0.15, 0.2) is 11.6 Å². The van der Waals surface area contributed by atoms with Crippen molar-refractivity contribution in [2.24, 2.45) is 11.1 Å². The molecular weight excluding hydrogens is 504 g/mol. The maximum atomic E-state index is 14.4. The van der Waals surface area contributed by atoms with E-state index in [4.69, 9.17) is 10.8 Å². The molecule has 1 atom stereocenters. The highest BCUT2D eigenvalue weighted by Crippen LogP contribution is 2.54. The molecular formula is C28H27F2N7O2. The first-order chi connectivity index (χ1) is 18.7. The highest BCUT2D eigenvalue weighted by molar-refractivity contribution is 6.08. The van der Waals surface area contributed by atoms with Gasteiger partial charge in [0.2, 0.25) is 0 Å². The predicted molar refractivity (Wildman–Crippen MR) is 142 cm³/mol. The molecule has 3 aliphatic rings. The molecule has 9 nitrogen and oxygen atoms in total. The number of para-hydroxylation sites is 1. The first-order valence-corrected chi connectivity index (χ1v) is 13.1. The van der Waals surface area contributed by atoms with Crippen LogP contribution in [0.4, 0.5) is 20.2 Å². The normalized spacial score (nSPS) is 20.5. The van der Waals surface area contributed by atoms with Gasteiger partial charge in [-0.05, 0) is 62.9 Å². The lowest BCUT2D eigenvalue weighted by Crippen LogP contribution is -2.30. The Morgan fingerprint density at radius 3 is 2.44 bits per heavy atom. The fourth-order valence-corrected chi connectivity index (χ4v) is 5.63. The Morgan fingerprint density at radius 1 is 1.03 bits per heavy atom. The Balaban J connectivity index is 1.29. The van der Waals surface area contributed by atoms with E-state index in [1.165, 1.54) is 12.1 Å². The van der Waals surface area contributed by atoms with E-state index in [1.54, 1.807) is 6.07 Å². The summed E-state index contributed by atoms with van der Waals surface area (Å²) >= 11 is 0. The number of aromatic nitrogens is 4. The van der Waals surface area contributed by atoms with Crippen molar-refractivity contribution in [2.75, 3.05) is 23.3 Å². The van der Waals surface area contributed by atoms with Crippen molar-refractivity contribution < 1.29 is 13.6 Å². The number of benzene rings is 2. The summed E-state index contributed by atoms with van der Waals surface area (Å²) in [5.41, 5.74) is 7.27. The molecule has 0 bridgehead atoms. The molecule has 200 valence electrons. The van der Waals surface area contributed by atoms with Crippen LogP contribution in [0.5, 0.6) is 0 Å². The van der Waals surface area contributed by atoms with Gasteiger partial charge in [-0.15, -0.1) is 0 Å². The van der Waals surface area contributed by atoms with Crippen LogP contribution in [0.25, 0.3) is 16.6 Å². The molecule has 3 N–H and O–H groups in total. The minimum absolute atomic E-state index is 0.00155. The number of hydrogen-bond acceptors (Lipinski definition) is 6. The van der Waals surface area contributed by atoms with E-state index < -0.39 is 28.8 Å². The summed E-state index contributed by atoms with van der Waals surface area (Å²) in [6.07, 6.45) is 6.31. The Labute approximate surface area is 222 Å². The van der Waals surface area contributed by atoms with Gasteiger partial charge < -0.3 is 16.0 Å². The minimum Gasteiger partial charge on any atom is -0.367 e. The van der Waals surface area contributed by atoms with Crippen LogP contribution >= 0.6 is 0 Å². The Kier molecular flexibility index (Phi) is 5.03. The molecule has 0 radical (unpaired) electrons. The standard InChI is InChI=1S/C28H27F2N7O2/c1-27(9-10-27)36-13-16-19(33-36)5-6-20(24(16)35-14-22(31)28(15-35)11-12-28)32-26(39)21-7-8-23(38)37(34-21)25-17(29)3-2-4-18(25)30/h2-8,13,22H,9-12,14-15,31H2,1H3,(H,32,39)/t22-/m0/s1. The molecule has 2 aromatic heterocycles. The molecule has 2 saturated carbocycles. The number of anilines is 2. The van der Waals surface area contributed by atoms with E-state index in [9.17, 15) is 18.4 Å². The molecule has 39 heavy (non-hydrogen) atoms. The van der Waals surface area contributed by atoms with Crippen LogP contribution in [0.1, 0.15) is 43.1 Å². The second-order valence-corrected chi connectivity index (χ2v) is 11.3. The number of nitrogens with zero attached hydrogens (tertiary/aromatic N) is 5. The van der Waals surface area contributed by atoms with Gasteiger partial charge in [-0.1, -0.05) is 6.07 Å². The largest absolute Gasteiger partial charge is 0.367 e. The monoisotopic (exact) mass is 531 g/mol. The number of carbonyl (C=O) groups excluding carboxylic acids is 1. The topological polar surface area (TPSA) is 111 Å². The average Bonchev–Trinajstić information content (AvgIpc) is 3.77. The van der Waals surface area contributed by atoms with E-state index in [2.05, 4.69) is 22.2 Å². The van der Waals surface area contributed by atoms with Gasteiger partial charge in [0.1, 0.15) is 11.4 Å². The molecule has 3 heterocycles. The predicted octanol–water partition coefficient (Wildman–Crippen LogP) is 3.55. The lowest BCUT2D eigenvalue weighted by atomic mass is 10.0. The highest BCUT2D eigenvalue weighted by Gasteiger charge is 2.54. The van der Waals surface area contributed by atoms with Gasteiger partial charge in [0.05, 0.1) is 22.4 Å². The average molecular weight is 532 g/mol. The third kappa shape index (κ3) is 3.82. The van der Waals surface area contributed by atoms with Gasteiger partial charge in [0, 0.05) is 42.2 Å². The number of nitrogens with two attached hydrogens (primary N) is 1. The number of nitrogens with one attached hydrogen (secondary N) is 1. The molecule has 3 fully saturated rings. The highest BCUT2D eigenvalue weighted by atomic mass is 19.1. The van der Waals surface area contributed by atoms with Crippen LogP contribution in [-0.2, 0) is 5.54 Å². The van der Waals surface area contributed by atoms with E-state index >= 15 is 0 Å². The summed E-state index contributed by atoms with van der Waals surface area (Å²) in [6, 6.07) is 9.24. The third-order valence-corrected chi connectivity index (χ3v) is 8.54. The van der Waals surface area contributed by atoms with Crippen molar-refractivity contribution in [3.05, 3.63) is 76.3 Å². The number of carbonyl (C=O) groups is 1. The van der Waals surface area contributed by atoms with Gasteiger partial charge >= 0.3 is 0 Å². The first kappa shape index (κ1) is 24.0. The van der Waals surface area contributed by atoms with E-state index in [1.807, 2.05) is 16.9 Å². The van der Waals surface area contributed by atoms with E-state index in [0.29, 0.717) is 16.9 Å². The molecule has 0 unspecified atom stereocenters. The third-order valence-electron chi connectivity index (χ3n) is 8.54. The van der Waals surface area contributed by atoms with Crippen molar-refractivity contribution in [2.45, 2.75) is 44.2 Å². The molecule has 1 amide bonds. The van der Waals surface area contributed by atoms with E-state index in [0.717, 1.165) is 67.0 Å². The Morgan fingerprint density at radius 2 is 1.77 bits per heavy atom. The summed E-state index contributed by atoms with van der Waals surface area (Å²) in [5, 5.41) is 12.7. The minimum atomic E-state index is -0.962. The van der Waals surface area contributed by atoms with Gasteiger partial charge in [-0.2, -0.15) is 14.9 Å². The molecule has 1 aliphatic heterocycles. The zero-order valence-electron chi connectivity index (χ0n) is 21.3. The fraction of sp³-hybridized carbons (Fsp3) is 0.357. The van der Waals surface area contributed by atoms with Crippen LogP contribution < -0.4 is 21.5 Å². The van der Waals surface area contributed by atoms with Gasteiger partial charge in [0.25, 0.3) is 11.5 Å². The lowest BCUT2D eigenvalue weighted by molar-refractivity contribution is 0.102. The fourth-order valence-electron chi connectivity index (χ4n) is 5.63. The van der Waals surface area contributed by atoms with Crippen molar-refractivity contribution in [1.29, 1.82) is 0 Å². The van der Waals surface area contributed by atoms with Crippen LogP contribution in [0.15, 0.2) is 53.5 Å². The summed E-state index contributed by atoms with van der Waals surface area (Å²) in [6.45, 7) is 3.61. The zero-order valence-corrected chi connectivity index (χ0v) is 21.3. The SMILES string of the molecule is CC1(n2cc3c(N4C[C@H](N)C5(CC5)C4)c(NC(=O)c4ccc(=O)n(-c5c(F)cccc5F)n4)ccc3n2)CC1. The number of rotatable bonds is 5. The summed E-state index contributed by atoms with van der Waals surface area (Å²) < 4.78 is 31.4. The second-order valence-electron chi connectivity index (χ2n) is 11.3. The second kappa shape index (κ2) is 8.19.